The van der Waals surface area contributed by atoms with Crippen molar-refractivity contribution in [2.75, 3.05) is 26.7 Å². The molecule has 6 nitrogen and oxygen atoms in total. The summed E-state index contributed by atoms with van der Waals surface area (Å²) in [4.78, 5) is 21.7. The van der Waals surface area contributed by atoms with E-state index in [2.05, 4.69) is 22.1 Å². The normalized spacial score (nSPS) is 21.7. The van der Waals surface area contributed by atoms with Crippen LogP contribution >= 0.6 is 11.3 Å². The highest BCUT2D eigenvalue weighted by molar-refractivity contribution is 7.08. The van der Waals surface area contributed by atoms with E-state index in [0.717, 1.165) is 55.8 Å². The molecule has 2 fully saturated rings. The van der Waals surface area contributed by atoms with Crippen LogP contribution in [-0.4, -0.2) is 52.5 Å². The fourth-order valence-corrected chi connectivity index (χ4v) is 5.37. The Bertz CT molecular complexity index is 977. The highest BCUT2D eigenvalue weighted by atomic mass is 32.1. The SMILES string of the molecule is CN1CC2(CCN(C(=O)c3ccsc3)CC2)CC1c1noc(-c2ccccc2)n1. The summed E-state index contributed by atoms with van der Waals surface area (Å²) < 4.78 is 5.54. The first-order valence-electron chi connectivity index (χ1n) is 10.0. The first-order valence-corrected chi connectivity index (χ1v) is 11.0. The predicted octanol–water partition coefficient (Wildman–Crippen LogP) is 4.10. The van der Waals surface area contributed by atoms with Gasteiger partial charge in [0, 0.05) is 30.6 Å². The number of likely N-dealkylation sites (tertiary alicyclic amines) is 2. The molecule has 1 amide bonds. The summed E-state index contributed by atoms with van der Waals surface area (Å²) in [6, 6.07) is 12.0. The lowest BCUT2D eigenvalue weighted by molar-refractivity contribution is 0.0594. The number of hydrogen-bond acceptors (Lipinski definition) is 6. The van der Waals surface area contributed by atoms with Crippen molar-refractivity contribution >= 4 is 17.2 Å². The Morgan fingerprint density at radius 3 is 2.72 bits per heavy atom. The van der Waals surface area contributed by atoms with Gasteiger partial charge in [-0.15, -0.1) is 0 Å². The smallest absolute Gasteiger partial charge is 0.257 e. The second kappa shape index (κ2) is 7.39. The zero-order valence-electron chi connectivity index (χ0n) is 16.5. The number of piperidine rings is 1. The number of hydrogen-bond donors (Lipinski definition) is 0. The van der Waals surface area contributed by atoms with Crippen LogP contribution in [-0.2, 0) is 0 Å². The lowest BCUT2D eigenvalue weighted by atomic mass is 9.76. The van der Waals surface area contributed by atoms with E-state index >= 15 is 0 Å². The minimum absolute atomic E-state index is 0.162. The molecule has 2 aromatic heterocycles. The van der Waals surface area contributed by atoms with E-state index in [1.807, 2.05) is 52.1 Å². The van der Waals surface area contributed by atoms with Gasteiger partial charge in [-0.2, -0.15) is 16.3 Å². The number of benzene rings is 1. The third kappa shape index (κ3) is 3.49. The van der Waals surface area contributed by atoms with Crippen molar-refractivity contribution in [2.45, 2.75) is 25.3 Å². The fraction of sp³-hybridized carbons (Fsp3) is 0.409. The number of aromatic nitrogens is 2. The largest absolute Gasteiger partial charge is 0.339 e. The molecule has 3 aromatic rings. The van der Waals surface area contributed by atoms with Crippen LogP contribution in [0.5, 0.6) is 0 Å². The van der Waals surface area contributed by atoms with Crippen LogP contribution in [0.25, 0.3) is 11.5 Å². The second-order valence-electron chi connectivity index (χ2n) is 8.26. The number of carbonyl (C=O) groups is 1. The lowest BCUT2D eigenvalue weighted by Gasteiger charge is -2.39. The topological polar surface area (TPSA) is 62.5 Å². The molecule has 7 heteroatoms. The molecule has 29 heavy (non-hydrogen) atoms. The molecule has 150 valence electrons. The molecule has 2 aliphatic rings. The minimum Gasteiger partial charge on any atom is -0.339 e. The third-order valence-corrected chi connectivity index (χ3v) is 7.07. The number of nitrogens with zero attached hydrogens (tertiary/aromatic N) is 4. The summed E-state index contributed by atoms with van der Waals surface area (Å²) in [6.45, 7) is 2.64. The van der Waals surface area contributed by atoms with Crippen LogP contribution in [0.3, 0.4) is 0 Å². The summed E-state index contributed by atoms with van der Waals surface area (Å²) in [6.07, 6.45) is 3.05. The maximum absolute atomic E-state index is 12.6. The Kier molecular flexibility index (Phi) is 4.72. The van der Waals surface area contributed by atoms with Gasteiger partial charge in [0.25, 0.3) is 11.8 Å². The Hall–Kier alpha value is -2.51. The van der Waals surface area contributed by atoms with Gasteiger partial charge in [-0.05, 0) is 55.3 Å². The van der Waals surface area contributed by atoms with E-state index in [1.54, 1.807) is 11.3 Å². The molecule has 1 atom stereocenters. The van der Waals surface area contributed by atoms with E-state index in [9.17, 15) is 4.79 Å². The Morgan fingerprint density at radius 1 is 1.21 bits per heavy atom. The average molecular weight is 409 g/mol. The van der Waals surface area contributed by atoms with Gasteiger partial charge in [0.15, 0.2) is 5.82 Å². The van der Waals surface area contributed by atoms with E-state index in [1.165, 1.54) is 0 Å². The first-order chi connectivity index (χ1) is 14.1. The van der Waals surface area contributed by atoms with Crippen molar-refractivity contribution < 1.29 is 9.32 Å². The predicted molar refractivity (Wildman–Crippen MR) is 112 cm³/mol. The van der Waals surface area contributed by atoms with Gasteiger partial charge in [-0.25, -0.2) is 0 Å². The van der Waals surface area contributed by atoms with Crippen molar-refractivity contribution in [1.82, 2.24) is 19.9 Å². The molecule has 1 unspecified atom stereocenters. The Labute approximate surface area is 174 Å². The molecule has 1 aromatic carbocycles. The highest BCUT2D eigenvalue weighted by Crippen LogP contribution is 2.48. The first kappa shape index (κ1) is 18.5. The van der Waals surface area contributed by atoms with Gasteiger partial charge in [0.2, 0.25) is 0 Å². The number of thiophene rings is 1. The van der Waals surface area contributed by atoms with Gasteiger partial charge in [-0.3, -0.25) is 9.69 Å². The Morgan fingerprint density at radius 2 is 2.00 bits per heavy atom. The summed E-state index contributed by atoms with van der Waals surface area (Å²) in [5.41, 5.74) is 1.98. The van der Waals surface area contributed by atoms with Gasteiger partial charge >= 0.3 is 0 Å². The van der Waals surface area contributed by atoms with Crippen molar-refractivity contribution in [1.29, 1.82) is 0 Å². The molecule has 0 N–H and O–H groups in total. The van der Waals surface area contributed by atoms with Crippen LogP contribution in [0.2, 0.25) is 0 Å². The third-order valence-electron chi connectivity index (χ3n) is 6.38. The van der Waals surface area contributed by atoms with Crippen LogP contribution in [0, 0.1) is 5.41 Å². The van der Waals surface area contributed by atoms with E-state index in [-0.39, 0.29) is 17.4 Å². The zero-order chi connectivity index (χ0) is 19.8. The van der Waals surface area contributed by atoms with E-state index in [0.29, 0.717) is 5.89 Å². The van der Waals surface area contributed by atoms with Gasteiger partial charge in [0.05, 0.1) is 11.6 Å². The van der Waals surface area contributed by atoms with Crippen molar-refractivity contribution in [2.24, 2.45) is 5.41 Å². The van der Waals surface area contributed by atoms with E-state index in [4.69, 9.17) is 4.52 Å². The van der Waals surface area contributed by atoms with Crippen LogP contribution in [0.15, 0.2) is 51.7 Å². The number of amides is 1. The van der Waals surface area contributed by atoms with Crippen LogP contribution < -0.4 is 0 Å². The summed E-state index contributed by atoms with van der Waals surface area (Å²) >= 11 is 1.57. The molecule has 2 aliphatic heterocycles. The minimum atomic E-state index is 0.162. The maximum atomic E-state index is 12.6. The molecular weight excluding hydrogens is 384 g/mol. The van der Waals surface area contributed by atoms with Gasteiger partial charge < -0.3 is 9.42 Å². The van der Waals surface area contributed by atoms with E-state index < -0.39 is 0 Å². The second-order valence-corrected chi connectivity index (χ2v) is 9.04. The van der Waals surface area contributed by atoms with Crippen molar-refractivity contribution in [3.05, 3.63) is 58.5 Å². The average Bonchev–Trinajstić information content (AvgIpc) is 3.50. The standard InChI is InChI=1S/C22H24N4O2S/c1-25-15-22(8-10-26(11-9-22)21(27)17-7-12-29-14-17)13-18(25)19-23-20(28-24-19)16-5-3-2-4-6-16/h2-7,12,14,18H,8-11,13,15H2,1H3. The maximum Gasteiger partial charge on any atom is 0.257 e. The molecule has 0 radical (unpaired) electrons. The van der Waals surface area contributed by atoms with Crippen LogP contribution in [0.4, 0.5) is 0 Å². The number of carbonyl (C=O) groups excluding carboxylic acids is 1. The molecule has 0 bridgehead atoms. The highest BCUT2D eigenvalue weighted by Gasteiger charge is 2.46. The lowest BCUT2D eigenvalue weighted by Crippen LogP contribution is -2.44. The molecule has 4 heterocycles. The summed E-state index contributed by atoms with van der Waals surface area (Å²) in [5.74, 6) is 1.50. The molecule has 1 spiro atoms. The van der Waals surface area contributed by atoms with Gasteiger partial charge in [-0.1, -0.05) is 23.4 Å². The van der Waals surface area contributed by atoms with Crippen LogP contribution in [0.1, 0.15) is 41.5 Å². The summed E-state index contributed by atoms with van der Waals surface area (Å²) in [5, 5.41) is 8.19. The van der Waals surface area contributed by atoms with Gasteiger partial charge in [0.1, 0.15) is 0 Å². The number of rotatable bonds is 3. The molecule has 2 saturated heterocycles. The molecule has 0 saturated carbocycles. The quantitative estimate of drug-likeness (QED) is 0.653. The van der Waals surface area contributed by atoms with Crippen molar-refractivity contribution in [3.8, 4) is 11.5 Å². The summed E-state index contributed by atoms with van der Waals surface area (Å²) in [7, 11) is 2.14. The molecule has 5 rings (SSSR count). The van der Waals surface area contributed by atoms with Crippen molar-refractivity contribution in [3.63, 3.8) is 0 Å². The Balaban J connectivity index is 1.27. The zero-order valence-corrected chi connectivity index (χ0v) is 17.3. The monoisotopic (exact) mass is 408 g/mol. The fourth-order valence-electron chi connectivity index (χ4n) is 4.74. The molecular formula is C22H24N4O2S. The molecule has 0 aliphatic carbocycles.